The Labute approximate surface area is 123 Å². The molecule has 1 amide bonds. The van der Waals surface area contributed by atoms with Crippen LogP contribution in [0.3, 0.4) is 0 Å². The average molecular weight is 331 g/mol. The molecule has 108 valence electrons. The molecule has 0 N–H and O–H groups in total. The zero-order valence-corrected chi connectivity index (χ0v) is 13.7. The zero-order chi connectivity index (χ0) is 14.4. The molecular weight excluding hydrogens is 308 g/mol. The number of nitrogens with zero attached hydrogens (tertiary/aromatic N) is 2. The van der Waals surface area contributed by atoms with Gasteiger partial charge in [-0.15, -0.1) is 0 Å². The Balaban J connectivity index is 2.90. The molecule has 0 unspecified atom stereocenters. The second kappa shape index (κ2) is 7.70. The molecule has 0 radical (unpaired) electrons. The molecule has 0 fully saturated rings. The molecule has 1 heterocycles. The summed E-state index contributed by atoms with van der Waals surface area (Å²) in [6, 6.07) is 1.88. The van der Waals surface area contributed by atoms with Crippen LogP contribution in [0.15, 0.2) is 16.7 Å². The first-order valence-corrected chi connectivity index (χ1v) is 7.42. The molecule has 0 bridgehead atoms. The van der Waals surface area contributed by atoms with E-state index in [0.717, 1.165) is 23.3 Å². The number of methoxy groups -OCH3 is 1. The lowest BCUT2D eigenvalue weighted by Gasteiger charge is -2.24. The van der Waals surface area contributed by atoms with E-state index in [1.54, 1.807) is 7.11 Å². The number of hydrogen-bond donors (Lipinski definition) is 0. The molecule has 0 aliphatic carbocycles. The number of aromatic nitrogens is 1. The predicted molar refractivity (Wildman–Crippen MR) is 80.4 cm³/mol. The zero-order valence-electron chi connectivity index (χ0n) is 12.1. The van der Waals surface area contributed by atoms with E-state index in [-0.39, 0.29) is 5.91 Å². The number of hydrogen-bond acceptors (Lipinski definition) is 2. The molecule has 1 aromatic rings. The molecule has 0 aliphatic rings. The van der Waals surface area contributed by atoms with Crippen LogP contribution in [0.5, 0.6) is 0 Å². The number of halogens is 1. The summed E-state index contributed by atoms with van der Waals surface area (Å²) in [5, 5.41) is 0. The molecule has 0 aliphatic heterocycles. The van der Waals surface area contributed by atoms with Crippen molar-refractivity contribution in [2.75, 3.05) is 26.8 Å². The van der Waals surface area contributed by atoms with E-state index in [1.807, 2.05) is 28.7 Å². The van der Waals surface area contributed by atoms with Crippen molar-refractivity contribution in [3.63, 3.8) is 0 Å². The monoisotopic (exact) mass is 330 g/mol. The molecule has 4 nitrogen and oxygen atoms in total. The summed E-state index contributed by atoms with van der Waals surface area (Å²) in [5.74, 6) is 0.507. The lowest BCUT2D eigenvalue weighted by Crippen LogP contribution is -2.37. The highest BCUT2D eigenvalue weighted by Gasteiger charge is 2.20. The normalized spacial score (nSPS) is 11.1. The number of carbonyl (C=O) groups is 1. The Hall–Kier alpha value is -0.810. The lowest BCUT2D eigenvalue weighted by atomic mass is 10.2. The van der Waals surface area contributed by atoms with E-state index in [9.17, 15) is 4.79 Å². The third kappa shape index (κ3) is 4.66. The second-order valence-corrected chi connectivity index (χ2v) is 5.88. The van der Waals surface area contributed by atoms with Crippen molar-refractivity contribution in [3.05, 3.63) is 22.4 Å². The Morgan fingerprint density at radius 2 is 2.21 bits per heavy atom. The van der Waals surface area contributed by atoms with Crippen molar-refractivity contribution in [1.82, 2.24) is 9.47 Å². The maximum atomic E-state index is 12.6. The van der Waals surface area contributed by atoms with Crippen molar-refractivity contribution in [2.24, 2.45) is 5.92 Å². The summed E-state index contributed by atoms with van der Waals surface area (Å²) >= 11 is 3.43. The fraction of sp³-hybridized carbons (Fsp3) is 0.643. The van der Waals surface area contributed by atoms with Gasteiger partial charge in [0.15, 0.2) is 0 Å². The lowest BCUT2D eigenvalue weighted by molar-refractivity contribution is 0.0662. The van der Waals surface area contributed by atoms with E-state index in [1.165, 1.54) is 0 Å². The molecule has 1 rings (SSSR count). The molecule has 0 atom stereocenters. The van der Waals surface area contributed by atoms with Crippen LogP contribution >= 0.6 is 15.9 Å². The number of aryl methyl sites for hydroxylation is 1. The summed E-state index contributed by atoms with van der Waals surface area (Å²) in [7, 11) is 1.66. The van der Waals surface area contributed by atoms with E-state index in [4.69, 9.17) is 4.74 Å². The third-order valence-corrected chi connectivity index (χ3v) is 3.29. The number of amides is 1. The maximum absolute atomic E-state index is 12.6. The first-order valence-electron chi connectivity index (χ1n) is 6.63. The van der Waals surface area contributed by atoms with Crippen LogP contribution in [0.25, 0.3) is 0 Å². The van der Waals surface area contributed by atoms with Crippen molar-refractivity contribution in [1.29, 1.82) is 0 Å². The number of rotatable bonds is 7. The molecule has 0 spiro atoms. The van der Waals surface area contributed by atoms with Gasteiger partial charge in [0, 0.05) is 37.4 Å². The van der Waals surface area contributed by atoms with Crippen LogP contribution in [0.4, 0.5) is 0 Å². The minimum Gasteiger partial charge on any atom is -0.383 e. The summed E-state index contributed by atoms with van der Waals surface area (Å²) in [6.45, 7) is 8.97. The van der Waals surface area contributed by atoms with Crippen LogP contribution in [0.2, 0.25) is 0 Å². The first kappa shape index (κ1) is 16.2. The second-order valence-electron chi connectivity index (χ2n) is 4.97. The van der Waals surface area contributed by atoms with Gasteiger partial charge in [0.05, 0.1) is 6.61 Å². The van der Waals surface area contributed by atoms with Crippen molar-refractivity contribution in [2.45, 2.75) is 27.3 Å². The smallest absolute Gasteiger partial charge is 0.270 e. The van der Waals surface area contributed by atoms with Gasteiger partial charge in [0.25, 0.3) is 5.91 Å². The molecule has 5 heteroatoms. The molecule has 1 aromatic heterocycles. The fourth-order valence-corrected chi connectivity index (χ4v) is 2.46. The van der Waals surface area contributed by atoms with Crippen LogP contribution in [-0.4, -0.2) is 42.2 Å². The molecular formula is C14H23BrN2O2. The summed E-state index contributed by atoms with van der Waals surface area (Å²) in [5.41, 5.74) is 0.728. The number of ether oxygens (including phenoxy) is 1. The third-order valence-electron chi connectivity index (χ3n) is 2.86. The fourth-order valence-electron chi connectivity index (χ4n) is 2.00. The molecule has 0 aromatic carbocycles. The van der Waals surface area contributed by atoms with Crippen molar-refractivity contribution < 1.29 is 9.53 Å². The standard InChI is InChI=1S/C14H23BrN2O2/c1-5-16-10-12(15)8-13(16)14(18)17(6-7-19-4)9-11(2)3/h8,10-11H,5-7,9H2,1-4H3. The average Bonchev–Trinajstić information content (AvgIpc) is 2.74. The minimum absolute atomic E-state index is 0.0679. The van der Waals surface area contributed by atoms with Gasteiger partial charge in [-0.1, -0.05) is 13.8 Å². The largest absolute Gasteiger partial charge is 0.383 e. The van der Waals surface area contributed by atoms with Gasteiger partial charge in [-0.05, 0) is 34.8 Å². The summed E-state index contributed by atoms with van der Waals surface area (Å²) in [4.78, 5) is 14.5. The maximum Gasteiger partial charge on any atom is 0.270 e. The topological polar surface area (TPSA) is 34.5 Å². The molecule has 0 saturated carbocycles. The molecule has 0 saturated heterocycles. The van der Waals surface area contributed by atoms with Gasteiger partial charge in [0.1, 0.15) is 5.69 Å². The minimum atomic E-state index is 0.0679. The van der Waals surface area contributed by atoms with Crippen LogP contribution in [0, 0.1) is 5.92 Å². The highest BCUT2D eigenvalue weighted by molar-refractivity contribution is 9.10. The molecule has 19 heavy (non-hydrogen) atoms. The Kier molecular flexibility index (Phi) is 6.58. The summed E-state index contributed by atoms with van der Waals surface area (Å²) < 4.78 is 8.00. The van der Waals surface area contributed by atoms with Gasteiger partial charge >= 0.3 is 0 Å². The van der Waals surface area contributed by atoms with Gasteiger partial charge in [0.2, 0.25) is 0 Å². The van der Waals surface area contributed by atoms with Gasteiger partial charge in [-0.3, -0.25) is 4.79 Å². The Morgan fingerprint density at radius 3 is 2.74 bits per heavy atom. The van der Waals surface area contributed by atoms with E-state index in [2.05, 4.69) is 29.8 Å². The quantitative estimate of drug-likeness (QED) is 0.770. The van der Waals surface area contributed by atoms with E-state index in [0.29, 0.717) is 19.1 Å². The van der Waals surface area contributed by atoms with E-state index < -0.39 is 0 Å². The van der Waals surface area contributed by atoms with Crippen LogP contribution < -0.4 is 0 Å². The van der Waals surface area contributed by atoms with Gasteiger partial charge < -0.3 is 14.2 Å². The van der Waals surface area contributed by atoms with Crippen molar-refractivity contribution in [3.8, 4) is 0 Å². The number of carbonyl (C=O) groups excluding carboxylic acids is 1. The van der Waals surface area contributed by atoms with E-state index >= 15 is 0 Å². The predicted octanol–water partition coefficient (Wildman–Crippen LogP) is 3.02. The van der Waals surface area contributed by atoms with Crippen LogP contribution in [-0.2, 0) is 11.3 Å². The Morgan fingerprint density at radius 1 is 1.53 bits per heavy atom. The summed E-state index contributed by atoms with van der Waals surface area (Å²) in [6.07, 6.45) is 1.94. The van der Waals surface area contributed by atoms with Gasteiger partial charge in [-0.25, -0.2) is 0 Å². The SMILES string of the molecule is CCn1cc(Br)cc1C(=O)N(CCOC)CC(C)C. The van der Waals surface area contributed by atoms with Crippen LogP contribution in [0.1, 0.15) is 31.3 Å². The Bertz CT molecular complexity index is 416. The first-order chi connectivity index (χ1) is 8.99. The highest BCUT2D eigenvalue weighted by Crippen LogP contribution is 2.17. The highest BCUT2D eigenvalue weighted by atomic mass is 79.9. The van der Waals surface area contributed by atoms with Gasteiger partial charge in [-0.2, -0.15) is 0 Å². The van der Waals surface area contributed by atoms with Crippen molar-refractivity contribution >= 4 is 21.8 Å².